The average Bonchev–Trinajstić information content (AvgIpc) is 3.27. The van der Waals surface area contributed by atoms with Gasteiger partial charge in [0, 0.05) is 18.2 Å². The molecule has 1 unspecified atom stereocenters. The Bertz CT molecular complexity index is 532. The molecule has 0 radical (unpaired) electrons. The molecule has 1 saturated carbocycles. The highest BCUT2D eigenvalue weighted by Crippen LogP contribution is 2.36. The van der Waals surface area contributed by atoms with Gasteiger partial charge in [-0.05, 0) is 48.4 Å². The lowest BCUT2D eigenvalue weighted by Crippen LogP contribution is -2.29. The molecule has 1 aliphatic rings. The van der Waals surface area contributed by atoms with E-state index in [1.54, 1.807) is 24.3 Å². The van der Waals surface area contributed by atoms with Crippen LogP contribution in [0.4, 0.5) is 0 Å². The van der Waals surface area contributed by atoms with Gasteiger partial charge in [0.2, 0.25) is 0 Å². The molecular formula is C16H19NO3. The third-order valence-electron chi connectivity index (χ3n) is 3.58. The SMILES string of the molecule is CC(CNC(=O)c1cccc(/C=C/C(=O)O)c1)C1CC1. The Morgan fingerprint density at radius 2 is 2.20 bits per heavy atom. The lowest BCUT2D eigenvalue weighted by Gasteiger charge is -2.11. The number of aliphatic carboxylic acids is 1. The van der Waals surface area contributed by atoms with Crippen LogP contribution in [0.25, 0.3) is 6.08 Å². The maximum Gasteiger partial charge on any atom is 0.328 e. The van der Waals surface area contributed by atoms with E-state index < -0.39 is 5.97 Å². The van der Waals surface area contributed by atoms with Crippen LogP contribution in [0.15, 0.2) is 30.3 Å². The van der Waals surface area contributed by atoms with Gasteiger partial charge in [0.25, 0.3) is 5.91 Å². The Morgan fingerprint density at radius 3 is 2.85 bits per heavy atom. The summed E-state index contributed by atoms with van der Waals surface area (Å²) in [6.45, 7) is 2.85. The van der Waals surface area contributed by atoms with Crippen LogP contribution in [0.2, 0.25) is 0 Å². The maximum atomic E-state index is 12.0. The first-order chi connectivity index (χ1) is 9.56. The summed E-state index contributed by atoms with van der Waals surface area (Å²) < 4.78 is 0. The number of carbonyl (C=O) groups is 2. The van der Waals surface area contributed by atoms with Crippen molar-refractivity contribution in [1.29, 1.82) is 0 Å². The van der Waals surface area contributed by atoms with E-state index in [-0.39, 0.29) is 5.91 Å². The number of carboxylic acids is 1. The second kappa shape index (κ2) is 6.37. The van der Waals surface area contributed by atoms with Gasteiger partial charge in [-0.3, -0.25) is 4.79 Å². The summed E-state index contributed by atoms with van der Waals surface area (Å²) in [5.41, 5.74) is 1.26. The summed E-state index contributed by atoms with van der Waals surface area (Å²) >= 11 is 0. The monoisotopic (exact) mass is 273 g/mol. The minimum atomic E-state index is -1.00. The summed E-state index contributed by atoms with van der Waals surface area (Å²) in [5, 5.41) is 11.5. The molecule has 4 nitrogen and oxygen atoms in total. The first-order valence-corrected chi connectivity index (χ1v) is 6.85. The molecule has 1 atom stereocenters. The molecule has 0 aromatic heterocycles. The van der Waals surface area contributed by atoms with Gasteiger partial charge < -0.3 is 10.4 Å². The van der Waals surface area contributed by atoms with Crippen molar-refractivity contribution in [3.05, 3.63) is 41.5 Å². The van der Waals surface area contributed by atoms with Gasteiger partial charge in [-0.15, -0.1) is 0 Å². The molecule has 0 bridgehead atoms. The Morgan fingerprint density at radius 1 is 1.45 bits per heavy atom. The number of hydrogen-bond acceptors (Lipinski definition) is 2. The summed E-state index contributed by atoms with van der Waals surface area (Å²) in [5.74, 6) is 0.176. The zero-order chi connectivity index (χ0) is 14.5. The van der Waals surface area contributed by atoms with Gasteiger partial charge in [-0.1, -0.05) is 19.1 Å². The van der Waals surface area contributed by atoms with Crippen molar-refractivity contribution >= 4 is 18.0 Å². The molecule has 106 valence electrons. The normalized spacial score (nSPS) is 16.1. The Balaban J connectivity index is 1.94. The largest absolute Gasteiger partial charge is 0.478 e. The van der Waals surface area contributed by atoms with Gasteiger partial charge in [-0.25, -0.2) is 4.79 Å². The standard InChI is InChI=1S/C16H19NO3/c1-11(13-6-7-13)10-17-16(20)14-4-2-3-12(9-14)5-8-15(18)19/h2-5,8-9,11,13H,6-7,10H2,1H3,(H,17,20)(H,18,19)/b8-5+. The van der Waals surface area contributed by atoms with Crippen LogP contribution >= 0.6 is 0 Å². The smallest absolute Gasteiger partial charge is 0.328 e. The number of carboxylic acid groups (broad SMARTS) is 1. The van der Waals surface area contributed by atoms with E-state index in [2.05, 4.69) is 12.2 Å². The van der Waals surface area contributed by atoms with Crippen LogP contribution < -0.4 is 5.32 Å². The summed E-state index contributed by atoms with van der Waals surface area (Å²) in [6, 6.07) is 6.94. The number of benzene rings is 1. The van der Waals surface area contributed by atoms with E-state index in [9.17, 15) is 9.59 Å². The fourth-order valence-corrected chi connectivity index (χ4v) is 2.14. The van der Waals surface area contributed by atoms with Gasteiger partial charge in [0.15, 0.2) is 0 Å². The minimum Gasteiger partial charge on any atom is -0.478 e. The molecule has 1 aromatic rings. The van der Waals surface area contributed by atoms with Gasteiger partial charge in [0.05, 0.1) is 0 Å². The number of hydrogen-bond donors (Lipinski definition) is 2. The maximum absolute atomic E-state index is 12.0. The lowest BCUT2D eigenvalue weighted by atomic mass is 10.1. The van der Waals surface area contributed by atoms with Crippen LogP contribution in [-0.2, 0) is 4.79 Å². The van der Waals surface area contributed by atoms with Crippen molar-refractivity contribution in [1.82, 2.24) is 5.32 Å². The van der Waals surface area contributed by atoms with Gasteiger partial charge in [-0.2, -0.15) is 0 Å². The predicted octanol–water partition coefficient (Wildman–Crippen LogP) is 2.56. The van der Waals surface area contributed by atoms with E-state index in [1.807, 2.05) is 0 Å². The molecule has 2 rings (SSSR count). The second-order valence-electron chi connectivity index (χ2n) is 5.32. The number of nitrogens with one attached hydrogen (secondary N) is 1. The third kappa shape index (κ3) is 4.23. The summed E-state index contributed by atoms with van der Waals surface area (Å²) in [6.07, 6.45) is 5.08. The first kappa shape index (κ1) is 14.3. The third-order valence-corrected chi connectivity index (χ3v) is 3.58. The molecule has 2 N–H and O–H groups in total. The van der Waals surface area contributed by atoms with E-state index >= 15 is 0 Å². The van der Waals surface area contributed by atoms with Crippen molar-refractivity contribution in [3.63, 3.8) is 0 Å². The zero-order valence-corrected chi connectivity index (χ0v) is 11.5. The predicted molar refractivity (Wildman–Crippen MR) is 77.3 cm³/mol. The molecule has 1 aromatic carbocycles. The van der Waals surface area contributed by atoms with Crippen LogP contribution in [-0.4, -0.2) is 23.5 Å². The van der Waals surface area contributed by atoms with Crippen molar-refractivity contribution in [2.75, 3.05) is 6.54 Å². The van der Waals surface area contributed by atoms with Crippen molar-refractivity contribution in [3.8, 4) is 0 Å². The van der Waals surface area contributed by atoms with Crippen molar-refractivity contribution in [2.45, 2.75) is 19.8 Å². The van der Waals surface area contributed by atoms with Crippen LogP contribution in [0.5, 0.6) is 0 Å². The first-order valence-electron chi connectivity index (χ1n) is 6.85. The second-order valence-corrected chi connectivity index (χ2v) is 5.32. The molecule has 20 heavy (non-hydrogen) atoms. The molecule has 0 aliphatic heterocycles. The van der Waals surface area contributed by atoms with Crippen LogP contribution in [0.1, 0.15) is 35.7 Å². The Kier molecular flexibility index (Phi) is 4.56. The highest BCUT2D eigenvalue weighted by atomic mass is 16.4. The van der Waals surface area contributed by atoms with Crippen LogP contribution in [0, 0.1) is 11.8 Å². The van der Waals surface area contributed by atoms with Crippen molar-refractivity contribution in [2.24, 2.45) is 11.8 Å². The Labute approximate surface area is 118 Å². The zero-order valence-electron chi connectivity index (χ0n) is 11.5. The number of amides is 1. The van der Waals surface area contributed by atoms with Gasteiger partial charge in [0.1, 0.15) is 0 Å². The Hall–Kier alpha value is -2.10. The molecule has 0 heterocycles. The molecular weight excluding hydrogens is 254 g/mol. The lowest BCUT2D eigenvalue weighted by molar-refractivity contribution is -0.131. The fraction of sp³-hybridized carbons (Fsp3) is 0.375. The molecule has 0 saturated heterocycles. The molecule has 1 fully saturated rings. The van der Waals surface area contributed by atoms with E-state index in [4.69, 9.17) is 5.11 Å². The van der Waals surface area contributed by atoms with E-state index in [1.165, 1.54) is 18.9 Å². The molecule has 1 aliphatic carbocycles. The highest BCUT2D eigenvalue weighted by Gasteiger charge is 2.27. The van der Waals surface area contributed by atoms with E-state index in [0.717, 1.165) is 12.0 Å². The fourth-order valence-electron chi connectivity index (χ4n) is 2.14. The van der Waals surface area contributed by atoms with Crippen LogP contribution in [0.3, 0.4) is 0 Å². The summed E-state index contributed by atoms with van der Waals surface area (Å²) in [7, 11) is 0. The molecule has 4 heteroatoms. The average molecular weight is 273 g/mol. The topological polar surface area (TPSA) is 66.4 Å². The van der Waals surface area contributed by atoms with E-state index in [0.29, 0.717) is 23.6 Å². The van der Waals surface area contributed by atoms with Crippen molar-refractivity contribution < 1.29 is 14.7 Å². The number of carbonyl (C=O) groups excluding carboxylic acids is 1. The highest BCUT2D eigenvalue weighted by molar-refractivity contribution is 5.95. The summed E-state index contributed by atoms with van der Waals surface area (Å²) in [4.78, 5) is 22.5. The van der Waals surface area contributed by atoms with Gasteiger partial charge >= 0.3 is 5.97 Å². The molecule has 0 spiro atoms. The minimum absolute atomic E-state index is 0.108. The molecule has 1 amide bonds. The quantitative estimate of drug-likeness (QED) is 0.783. The number of rotatable bonds is 6.